The van der Waals surface area contributed by atoms with E-state index < -0.39 is 0 Å². The molecule has 1 heterocycles. The van der Waals surface area contributed by atoms with Gasteiger partial charge in [0.15, 0.2) is 10.2 Å². The Morgan fingerprint density at radius 1 is 1.36 bits per heavy atom. The molecule has 5 nitrogen and oxygen atoms in total. The van der Waals surface area contributed by atoms with Crippen LogP contribution in [0.3, 0.4) is 0 Å². The fourth-order valence-electron chi connectivity index (χ4n) is 1.77. The summed E-state index contributed by atoms with van der Waals surface area (Å²) in [6.07, 6.45) is 0.228. The third kappa shape index (κ3) is 4.78. The molecule has 1 aromatic heterocycles. The van der Waals surface area contributed by atoms with Crippen LogP contribution < -0.4 is 10.6 Å². The van der Waals surface area contributed by atoms with Gasteiger partial charge in [-0.2, -0.15) is 0 Å². The Kier molecular flexibility index (Phi) is 5.85. The molecule has 0 radical (unpaired) electrons. The van der Waals surface area contributed by atoms with E-state index in [0.717, 1.165) is 16.1 Å². The molecule has 2 N–H and O–H groups in total. The van der Waals surface area contributed by atoms with Gasteiger partial charge in [-0.05, 0) is 24.7 Å². The fraction of sp³-hybridized carbons (Fsp3) is 0.267. The van der Waals surface area contributed by atoms with Crippen molar-refractivity contribution in [1.29, 1.82) is 0 Å². The zero-order valence-corrected chi connectivity index (χ0v) is 14.0. The van der Waals surface area contributed by atoms with Crippen molar-refractivity contribution in [3.63, 3.8) is 0 Å². The summed E-state index contributed by atoms with van der Waals surface area (Å²) in [5.74, 6) is -0.275. The number of thiocarbonyl (C=S) groups is 1. The Hall–Kier alpha value is -1.99. The van der Waals surface area contributed by atoms with E-state index in [0.29, 0.717) is 16.8 Å². The van der Waals surface area contributed by atoms with E-state index in [2.05, 4.69) is 20.4 Å². The molecule has 116 valence electrons. The molecule has 0 fully saturated rings. The largest absolute Gasteiger partial charge is 0.469 e. The van der Waals surface area contributed by atoms with E-state index in [4.69, 9.17) is 12.2 Å². The Labute approximate surface area is 138 Å². The number of aryl methyl sites for hydroxylation is 1. The number of methoxy groups -OCH3 is 1. The predicted molar refractivity (Wildman–Crippen MR) is 92.1 cm³/mol. The first-order valence-corrected chi connectivity index (χ1v) is 7.93. The number of anilines is 1. The maximum absolute atomic E-state index is 11.3. The monoisotopic (exact) mass is 335 g/mol. The quantitative estimate of drug-likeness (QED) is 0.647. The highest BCUT2D eigenvalue weighted by Gasteiger charge is 2.12. The van der Waals surface area contributed by atoms with E-state index in [9.17, 15) is 4.79 Å². The molecule has 7 heteroatoms. The van der Waals surface area contributed by atoms with Crippen molar-refractivity contribution >= 4 is 39.8 Å². The Morgan fingerprint density at radius 2 is 2.09 bits per heavy atom. The summed E-state index contributed by atoms with van der Waals surface area (Å²) in [5.41, 5.74) is 1.96. The van der Waals surface area contributed by atoms with Crippen LogP contribution in [0.2, 0.25) is 0 Å². The minimum Gasteiger partial charge on any atom is -0.469 e. The lowest BCUT2D eigenvalue weighted by Crippen LogP contribution is -2.27. The molecule has 0 amide bonds. The number of thiazole rings is 1. The Morgan fingerprint density at radius 3 is 2.77 bits per heavy atom. The molecule has 0 unspecified atom stereocenters. The first kappa shape index (κ1) is 16.4. The van der Waals surface area contributed by atoms with Gasteiger partial charge in [0, 0.05) is 11.4 Å². The number of esters is 1. The third-order valence-electron chi connectivity index (χ3n) is 2.94. The van der Waals surface area contributed by atoms with Crippen molar-refractivity contribution in [2.45, 2.75) is 19.9 Å². The zero-order valence-electron chi connectivity index (χ0n) is 12.4. The number of rotatable bonds is 5. The molecule has 0 bridgehead atoms. The second-order valence-corrected chi connectivity index (χ2v) is 6.07. The van der Waals surface area contributed by atoms with Gasteiger partial charge in [-0.15, -0.1) is 11.3 Å². The first-order chi connectivity index (χ1) is 10.6. The molecule has 0 aliphatic rings. The number of hydrogen-bond acceptors (Lipinski definition) is 5. The highest BCUT2D eigenvalue weighted by molar-refractivity contribution is 7.80. The third-order valence-corrected chi connectivity index (χ3v) is 4.26. The molecular weight excluding hydrogens is 318 g/mol. The van der Waals surface area contributed by atoms with Crippen molar-refractivity contribution in [2.75, 3.05) is 12.4 Å². The van der Waals surface area contributed by atoms with Crippen LogP contribution in [0.15, 0.2) is 30.3 Å². The number of carbonyl (C=O) groups excluding carboxylic acids is 1. The van der Waals surface area contributed by atoms with Gasteiger partial charge in [0.1, 0.15) is 0 Å². The van der Waals surface area contributed by atoms with E-state index in [-0.39, 0.29) is 12.4 Å². The summed E-state index contributed by atoms with van der Waals surface area (Å²) in [6.45, 7) is 2.51. The molecule has 2 rings (SSSR count). The van der Waals surface area contributed by atoms with Gasteiger partial charge < -0.3 is 15.4 Å². The van der Waals surface area contributed by atoms with Crippen molar-refractivity contribution in [2.24, 2.45) is 0 Å². The van der Waals surface area contributed by atoms with Crippen LogP contribution in [-0.4, -0.2) is 23.2 Å². The Bertz CT molecular complexity index is 656. The van der Waals surface area contributed by atoms with Crippen LogP contribution in [-0.2, 0) is 22.5 Å². The van der Waals surface area contributed by atoms with Gasteiger partial charge in [0.2, 0.25) is 0 Å². The van der Waals surface area contributed by atoms with Crippen LogP contribution in [0.1, 0.15) is 16.1 Å². The highest BCUT2D eigenvalue weighted by Crippen LogP contribution is 2.23. The van der Waals surface area contributed by atoms with Crippen molar-refractivity contribution in [3.8, 4) is 0 Å². The summed E-state index contributed by atoms with van der Waals surface area (Å²) < 4.78 is 4.67. The van der Waals surface area contributed by atoms with Crippen LogP contribution >= 0.6 is 23.6 Å². The molecule has 0 aliphatic carbocycles. The molecule has 0 aliphatic heterocycles. The number of hydrogen-bond donors (Lipinski definition) is 2. The van der Waals surface area contributed by atoms with Gasteiger partial charge in [-0.25, -0.2) is 4.98 Å². The van der Waals surface area contributed by atoms with Crippen LogP contribution in [0.4, 0.5) is 5.13 Å². The summed E-state index contributed by atoms with van der Waals surface area (Å²) in [5, 5.41) is 7.33. The lowest BCUT2D eigenvalue weighted by molar-refractivity contribution is -0.139. The summed E-state index contributed by atoms with van der Waals surface area (Å²) in [4.78, 5) is 16.6. The second-order valence-electron chi connectivity index (χ2n) is 4.57. The molecular formula is C15H17N3O2S2. The molecule has 0 saturated heterocycles. The number of nitrogens with zero attached hydrogens (tertiary/aromatic N) is 1. The van der Waals surface area contributed by atoms with Crippen molar-refractivity contribution < 1.29 is 9.53 Å². The lowest BCUT2D eigenvalue weighted by Gasteiger charge is -2.08. The first-order valence-electron chi connectivity index (χ1n) is 6.70. The van der Waals surface area contributed by atoms with Gasteiger partial charge in [-0.3, -0.25) is 4.79 Å². The number of benzene rings is 1. The van der Waals surface area contributed by atoms with Crippen LogP contribution in [0.5, 0.6) is 0 Å². The average molecular weight is 335 g/mol. The Balaban J connectivity index is 1.89. The van der Waals surface area contributed by atoms with Crippen LogP contribution in [0.25, 0.3) is 0 Å². The maximum atomic E-state index is 11.3. The average Bonchev–Trinajstić information content (AvgIpc) is 2.85. The number of carbonyl (C=O) groups is 1. The molecule has 0 spiro atoms. The van der Waals surface area contributed by atoms with Crippen LogP contribution in [0, 0.1) is 6.92 Å². The standard InChI is InChI=1S/C15H17N3O2S2/c1-10-12(8-13(19)20-2)22-15(17-10)18-14(21)16-9-11-6-4-3-5-7-11/h3-7H,8-9H2,1-2H3,(H2,16,17,18,21). The molecule has 1 aromatic carbocycles. The van der Waals surface area contributed by atoms with Gasteiger partial charge >= 0.3 is 5.97 Å². The van der Waals surface area contributed by atoms with Gasteiger partial charge in [-0.1, -0.05) is 30.3 Å². The van der Waals surface area contributed by atoms with Gasteiger partial charge in [0.05, 0.1) is 19.2 Å². The lowest BCUT2D eigenvalue weighted by atomic mass is 10.2. The van der Waals surface area contributed by atoms with Crippen molar-refractivity contribution in [3.05, 3.63) is 46.5 Å². The normalized spacial score (nSPS) is 10.1. The number of nitrogens with one attached hydrogen (secondary N) is 2. The molecule has 0 saturated carbocycles. The predicted octanol–water partition coefficient (Wildman–Crippen LogP) is 2.65. The molecule has 0 atom stereocenters. The minimum atomic E-state index is -0.275. The SMILES string of the molecule is COC(=O)Cc1sc(NC(=S)NCc2ccccc2)nc1C. The minimum absolute atomic E-state index is 0.228. The molecule has 2 aromatic rings. The van der Waals surface area contributed by atoms with E-state index in [1.54, 1.807) is 0 Å². The second kappa shape index (κ2) is 7.86. The fourth-order valence-corrected chi connectivity index (χ4v) is 2.95. The summed E-state index contributed by atoms with van der Waals surface area (Å²) in [6, 6.07) is 9.99. The zero-order chi connectivity index (χ0) is 15.9. The van der Waals surface area contributed by atoms with E-state index >= 15 is 0 Å². The van der Waals surface area contributed by atoms with E-state index in [1.165, 1.54) is 18.4 Å². The summed E-state index contributed by atoms with van der Waals surface area (Å²) in [7, 11) is 1.38. The smallest absolute Gasteiger partial charge is 0.310 e. The molecule has 22 heavy (non-hydrogen) atoms. The number of aromatic nitrogens is 1. The summed E-state index contributed by atoms with van der Waals surface area (Å²) >= 11 is 6.65. The van der Waals surface area contributed by atoms with E-state index in [1.807, 2.05) is 37.3 Å². The highest BCUT2D eigenvalue weighted by atomic mass is 32.1. The number of ether oxygens (including phenoxy) is 1. The maximum Gasteiger partial charge on any atom is 0.310 e. The van der Waals surface area contributed by atoms with Crippen molar-refractivity contribution in [1.82, 2.24) is 10.3 Å². The topological polar surface area (TPSA) is 63.2 Å². The van der Waals surface area contributed by atoms with Gasteiger partial charge in [0.25, 0.3) is 0 Å².